The van der Waals surface area contributed by atoms with Crippen LogP contribution in [0.2, 0.25) is 10.0 Å². The van der Waals surface area contributed by atoms with Gasteiger partial charge in [-0.2, -0.15) is 0 Å². The Balaban J connectivity index is 1.52. The Bertz CT molecular complexity index is 1410. The maximum absolute atomic E-state index is 13.1. The monoisotopic (exact) mass is 520 g/mol. The van der Waals surface area contributed by atoms with Gasteiger partial charge in [-0.1, -0.05) is 53.4 Å². The van der Waals surface area contributed by atoms with Crippen LogP contribution in [-0.4, -0.2) is 24.5 Å². The number of carbonyl (C=O) groups is 3. The zero-order valence-electron chi connectivity index (χ0n) is 18.7. The number of terminal acetylenes is 1. The van der Waals surface area contributed by atoms with Gasteiger partial charge in [0.2, 0.25) is 0 Å². The molecule has 4 amide bonds. The molecule has 4 rings (SSSR count). The molecule has 1 fully saturated rings. The normalized spacial score (nSPS) is 14.4. The third-order valence-corrected chi connectivity index (χ3v) is 5.79. The number of amides is 4. The Morgan fingerprint density at radius 3 is 2.39 bits per heavy atom. The highest BCUT2D eigenvalue weighted by atomic mass is 35.5. The van der Waals surface area contributed by atoms with Crippen LogP contribution in [0.3, 0.4) is 0 Å². The summed E-state index contributed by atoms with van der Waals surface area (Å²) in [5.41, 5.74) is 1.31. The van der Waals surface area contributed by atoms with Crippen molar-refractivity contribution in [3.63, 3.8) is 0 Å². The molecule has 180 valence electrons. The lowest BCUT2D eigenvalue weighted by Crippen LogP contribution is -2.54. The molecule has 1 aliphatic heterocycles. The number of ether oxygens (including phenoxy) is 2. The summed E-state index contributed by atoms with van der Waals surface area (Å²) in [5, 5.41) is 3.02. The molecule has 1 N–H and O–H groups in total. The number of carbonyl (C=O) groups excluding carboxylic acids is 3. The van der Waals surface area contributed by atoms with Crippen molar-refractivity contribution in [1.29, 1.82) is 0 Å². The number of nitrogens with zero attached hydrogens (tertiary/aromatic N) is 1. The summed E-state index contributed by atoms with van der Waals surface area (Å²) in [6.07, 6.45) is 6.52. The lowest BCUT2D eigenvalue weighted by atomic mass is 10.1. The smallest absolute Gasteiger partial charge is 0.335 e. The van der Waals surface area contributed by atoms with Crippen molar-refractivity contribution in [1.82, 2.24) is 5.32 Å². The maximum Gasteiger partial charge on any atom is 0.335 e. The molecule has 0 unspecified atom stereocenters. The van der Waals surface area contributed by atoms with Crippen molar-refractivity contribution in [3.05, 3.63) is 93.5 Å². The number of hydrogen-bond acceptors (Lipinski definition) is 5. The molecular formula is C27H18Cl2N2O5. The van der Waals surface area contributed by atoms with E-state index >= 15 is 0 Å². The standard InChI is InChI=1S/C27H18Cl2N2O5/c1-2-13-35-24-12-7-17(15-23(24)29)14-21-25(32)30-27(34)31(26(21)33)19-8-10-20(11-9-19)36-16-18-5-3-4-6-22(18)28/h1,3-12,14-15H,13,16H2,(H,30,32,34)/b21-14+. The van der Waals surface area contributed by atoms with E-state index in [1.807, 2.05) is 18.2 Å². The Hall–Kier alpha value is -4.25. The molecular weight excluding hydrogens is 503 g/mol. The zero-order valence-corrected chi connectivity index (χ0v) is 20.2. The first-order chi connectivity index (χ1) is 17.4. The maximum atomic E-state index is 13.1. The molecule has 9 heteroatoms. The number of hydrogen-bond donors (Lipinski definition) is 1. The summed E-state index contributed by atoms with van der Waals surface area (Å²) in [7, 11) is 0. The topological polar surface area (TPSA) is 84.9 Å². The second kappa shape index (κ2) is 11.0. The minimum absolute atomic E-state index is 0.0436. The van der Waals surface area contributed by atoms with E-state index in [2.05, 4.69) is 11.2 Å². The Morgan fingerprint density at radius 1 is 0.944 bits per heavy atom. The Labute approximate surface area is 217 Å². The van der Waals surface area contributed by atoms with E-state index in [0.29, 0.717) is 22.1 Å². The number of nitrogens with one attached hydrogen (secondary N) is 1. The summed E-state index contributed by atoms with van der Waals surface area (Å²) >= 11 is 12.3. The van der Waals surface area contributed by atoms with Gasteiger partial charge in [0.1, 0.15) is 30.3 Å². The summed E-state index contributed by atoms with van der Waals surface area (Å²) in [6, 6.07) is 17.5. The number of halogens is 2. The van der Waals surface area contributed by atoms with Crippen molar-refractivity contribution in [2.75, 3.05) is 11.5 Å². The van der Waals surface area contributed by atoms with Gasteiger partial charge >= 0.3 is 6.03 Å². The van der Waals surface area contributed by atoms with Crippen molar-refractivity contribution >= 4 is 52.8 Å². The molecule has 3 aromatic rings. The Morgan fingerprint density at radius 2 is 1.69 bits per heavy atom. The molecule has 0 radical (unpaired) electrons. The average molecular weight is 521 g/mol. The largest absolute Gasteiger partial charge is 0.489 e. The third kappa shape index (κ3) is 5.52. The van der Waals surface area contributed by atoms with E-state index in [-0.39, 0.29) is 29.5 Å². The molecule has 1 aliphatic rings. The van der Waals surface area contributed by atoms with Gasteiger partial charge in [-0.05, 0) is 54.1 Å². The van der Waals surface area contributed by atoms with Crippen molar-refractivity contribution in [3.8, 4) is 23.8 Å². The first-order valence-corrected chi connectivity index (χ1v) is 11.4. The van der Waals surface area contributed by atoms with Crippen LogP contribution in [0.15, 0.2) is 72.3 Å². The fraction of sp³-hybridized carbons (Fsp3) is 0.0741. The lowest BCUT2D eigenvalue weighted by molar-refractivity contribution is -0.122. The summed E-state index contributed by atoms with van der Waals surface area (Å²) in [6.45, 7) is 0.292. The van der Waals surface area contributed by atoms with E-state index in [4.69, 9.17) is 39.1 Å². The number of barbiturate groups is 1. The van der Waals surface area contributed by atoms with Gasteiger partial charge in [-0.25, -0.2) is 9.69 Å². The van der Waals surface area contributed by atoms with Gasteiger partial charge in [0, 0.05) is 10.6 Å². The van der Waals surface area contributed by atoms with E-state index in [0.717, 1.165) is 10.5 Å². The van der Waals surface area contributed by atoms with Crippen LogP contribution < -0.4 is 19.7 Å². The molecule has 0 aromatic heterocycles. The van der Waals surface area contributed by atoms with E-state index in [9.17, 15) is 14.4 Å². The van der Waals surface area contributed by atoms with Gasteiger partial charge in [0.05, 0.1) is 10.7 Å². The highest BCUT2D eigenvalue weighted by Crippen LogP contribution is 2.28. The lowest BCUT2D eigenvalue weighted by Gasteiger charge is -2.26. The van der Waals surface area contributed by atoms with Crippen molar-refractivity contribution in [2.45, 2.75) is 6.61 Å². The van der Waals surface area contributed by atoms with Crippen LogP contribution in [0.4, 0.5) is 10.5 Å². The van der Waals surface area contributed by atoms with Crippen molar-refractivity contribution in [2.24, 2.45) is 0 Å². The highest BCUT2D eigenvalue weighted by Gasteiger charge is 2.36. The number of imide groups is 2. The van der Waals surface area contributed by atoms with Crippen LogP contribution in [0.5, 0.6) is 11.5 Å². The second-order valence-electron chi connectivity index (χ2n) is 7.51. The molecule has 0 saturated carbocycles. The fourth-order valence-corrected chi connectivity index (χ4v) is 3.80. The SMILES string of the molecule is C#CCOc1ccc(/C=C2\C(=O)NC(=O)N(c3ccc(OCc4ccccc4Cl)cc3)C2=O)cc1Cl. The molecule has 0 aliphatic carbocycles. The molecule has 7 nitrogen and oxygen atoms in total. The predicted octanol–water partition coefficient (Wildman–Crippen LogP) is 5.25. The number of benzene rings is 3. The molecule has 1 saturated heterocycles. The van der Waals surface area contributed by atoms with Gasteiger partial charge in [0.15, 0.2) is 0 Å². The second-order valence-corrected chi connectivity index (χ2v) is 8.33. The summed E-state index contributed by atoms with van der Waals surface area (Å²) in [4.78, 5) is 38.9. The zero-order chi connectivity index (χ0) is 25.7. The number of anilines is 1. The quantitative estimate of drug-likeness (QED) is 0.261. The minimum Gasteiger partial charge on any atom is -0.489 e. The molecule has 0 bridgehead atoms. The summed E-state index contributed by atoms with van der Waals surface area (Å²) in [5.74, 6) is 1.62. The number of urea groups is 1. The molecule has 0 atom stereocenters. The van der Waals surface area contributed by atoms with Gasteiger partial charge in [-0.15, -0.1) is 6.42 Å². The van der Waals surface area contributed by atoms with Gasteiger partial charge < -0.3 is 9.47 Å². The molecule has 0 spiro atoms. The van der Waals surface area contributed by atoms with Gasteiger partial charge in [0.25, 0.3) is 11.8 Å². The van der Waals surface area contributed by atoms with E-state index in [1.54, 1.807) is 42.5 Å². The highest BCUT2D eigenvalue weighted by molar-refractivity contribution is 6.39. The first kappa shape index (κ1) is 24.9. The summed E-state index contributed by atoms with van der Waals surface area (Å²) < 4.78 is 11.1. The fourth-order valence-electron chi connectivity index (χ4n) is 3.37. The molecule has 3 aromatic carbocycles. The van der Waals surface area contributed by atoms with Crippen LogP contribution in [0.25, 0.3) is 6.08 Å². The minimum atomic E-state index is -0.858. The number of rotatable bonds is 7. The van der Waals surface area contributed by atoms with Crippen molar-refractivity contribution < 1.29 is 23.9 Å². The van der Waals surface area contributed by atoms with E-state index in [1.165, 1.54) is 12.1 Å². The van der Waals surface area contributed by atoms with Crippen LogP contribution in [0.1, 0.15) is 11.1 Å². The molecule has 36 heavy (non-hydrogen) atoms. The first-order valence-electron chi connectivity index (χ1n) is 10.6. The van der Waals surface area contributed by atoms with Crippen LogP contribution >= 0.6 is 23.2 Å². The van der Waals surface area contributed by atoms with E-state index < -0.39 is 17.8 Å². The molecule has 1 heterocycles. The van der Waals surface area contributed by atoms with Crippen LogP contribution in [0, 0.1) is 12.3 Å². The average Bonchev–Trinajstić information content (AvgIpc) is 2.86. The van der Waals surface area contributed by atoms with Crippen LogP contribution in [-0.2, 0) is 16.2 Å². The van der Waals surface area contributed by atoms with Gasteiger partial charge in [-0.3, -0.25) is 14.9 Å². The predicted molar refractivity (Wildman–Crippen MR) is 137 cm³/mol. The third-order valence-electron chi connectivity index (χ3n) is 5.13. The Kier molecular flexibility index (Phi) is 7.59.